The number of aliphatic carboxylic acids is 1. The van der Waals surface area contributed by atoms with Gasteiger partial charge in [-0.25, -0.2) is 4.79 Å². The second-order valence-corrected chi connectivity index (χ2v) is 4.11. The molecule has 0 aromatic heterocycles. The molecule has 1 aromatic carbocycles. The van der Waals surface area contributed by atoms with Crippen molar-refractivity contribution in [1.82, 2.24) is 0 Å². The van der Waals surface area contributed by atoms with Gasteiger partial charge in [-0.15, -0.1) is 0 Å². The Bertz CT molecular complexity index is 412. The van der Waals surface area contributed by atoms with E-state index in [9.17, 15) is 4.79 Å². The molecule has 1 rings (SSSR count). The van der Waals surface area contributed by atoms with Crippen LogP contribution in [0.1, 0.15) is 32.3 Å². The molecule has 0 atom stereocenters. The minimum absolute atomic E-state index is 0.624. The summed E-state index contributed by atoms with van der Waals surface area (Å²) in [7, 11) is 0. The standard InChI is InChI=1S/C15H20O4/c1-3-7-18-13-9-12(5-6-15(16)17)10-14(11-13)19-8-4-2/h5-6,9-11H,3-4,7-8H2,1-2H3,(H,16,17). The molecule has 0 aliphatic heterocycles. The van der Waals surface area contributed by atoms with Crippen LogP contribution < -0.4 is 9.47 Å². The number of carboxylic acid groups (broad SMARTS) is 1. The lowest BCUT2D eigenvalue weighted by Gasteiger charge is -2.10. The Kier molecular flexibility index (Phi) is 6.50. The topological polar surface area (TPSA) is 55.8 Å². The first-order valence-electron chi connectivity index (χ1n) is 6.47. The smallest absolute Gasteiger partial charge is 0.328 e. The van der Waals surface area contributed by atoms with Crippen molar-refractivity contribution in [1.29, 1.82) is 0 Å². The number of rotatable bonds is 8. The van der Waals surface area contributed by atoms with Crippen molar-refractivity contribution in [2.75, 3.05) is 13.2 Å². The minimum Gasteiger partial charge on any atom is -0.493 e. The third kappa shape index (κ3) is 5.95. The van der Waals surface area contributed by atoms with Crippen molar-refractivity contribution in [2.24, 2.45) is 0 Å². The monoisotopic (exact) mass is 264 g/mol. The fourth-order valence-corrected chi connectivity index (χ4v) is 1.46. The highest BCUT2D eigenvalue weighted by molar-refractivity contribution is 5.85. The maximum absolute atomic E-state index is 10.5. The fourth-order valence-electron chi connectivity index (χ4n) is 1.46. The Morgan fingerprint density at radius 2 is 1.63 bits per heavy atom. The van der Waals surface area contributed by atoms with Gasteiger partial charge in [-0.05, 0) is 36.6 Å². The van der Waals surface area contributed by atoms with Crippen LogP contribution in [0.3, 0.4) is 0 Å². The highest BCUT2D eigenvalue weighted by Gasteiger charge is 2.02. The molecular formula is C15H20O4. The molecule has 0 radical (unpaired) electrons. The van der Waals surface area contributed by atoms with E-state index >= 15 is 0 Å². The molecule has 0 aliphatic rings. The SMILES string of the molecule is CCCOc1cc(C=CC(=O)O)cc(OCCC)c1. The molecule has 0 aliphatic carbocycles. The lowest BCUT2D eigenvalue weighted by atomic mass is 10.2. The molecule has 19 heavy (non-hydrogen) atoms. The van der Waals surface area contributed by atoms with E-state index in [4.69, 9.17) is 14.6 Å². The van der Waals surface area contributed by atoms with Crippen molar-refractivity contribution in [3.63, 3.8) is 0 Å². The van der Waals surface area contributed by atoms with E-state index in [1.54, 1.807) is 12.1 Å². The molecular weight excluding hydrogens is 244 g/mol. The molecule has 0 unspecified atom stereocenters. The predicted octanol–water partition coefficient (Wildman–Crippen LogP) is 3.36. The van der Waals surface area contributed by atoms with Crippen molar-refractivity contribution in [2.45, 2.75) is 26.7 Å². The summed E-state index contributed by atoms with van der Waals surface area (Å²) < 4.78 is 11.1. The zero-order chi connectivity index (χ0) is 14.1. The van der Waals surface area contributed by atoms with Gasteiger partial charge in [0.25, 0.3) is 0 Å². The highest BCUT2D eigenvalue weighted by atomic mass is 16.5. The summed E-state index contributed by atoms with van der Waals surface area (Å²) in [6.45, 7) is 5.31. The molecule has 4 heteroatoms. The fraction of sp³-hybridized carbons (Fsp3) is 0.400. The number of ether oxygens (including phenoxy) is 2. The number of carbonyl (C=O) groups is 1. The summed E-state index contributed by atoms with van der Waals surface area (Å²) in [5, 5.41) is 8.65. The molecule has 0 heterocycles. The lowest BCUT2D eigenvalue weighted by molar-refractivity contribution is -0.131. The van der Waals surface area contributed by atoms with Crippen LogP contribution >= 0.6 is 0 Å². The molecule has 0 spiro atoms. The quantitative estimate of drug-likeness (QED) is 0.731. The summed E-state index contributed by atoms with van der Waals surface area (Å²) in [6, 6.07) is 5.42. The third-order valence-corrected chi connectivity index (χ3v) is 2.27. The van der Waals surface area contributed by atoms with E-state index in [0.29, 0.717) is 24.7 Å². The maximum atomic E-state index is 10.5. The van der Waals surface area contributed by atoms with Gasteiger partial charge in [-0.1, -0.05) is 13.8 Å². The van der Waals surface area contributed by atoms with Crippen LogP contribution in [-0.2, 0) is 4.79 Å². The number of hydrogen-bond acceptors (Lipinski definition) is 3. The highest BCUT2D eigenvalue weighted by Crippen LogP contribution is 2.24. The van der Waals surface area contributed by atoms with Gasteiger partial charge in [0.05, 0.1) is 13.2 Å². The third-order valence-electron chi connectivity index (χ3n) is 2.27. The Hall–Kier alpha value is -1.97. The van der Waals surface area contributed by atoms with Crippen LogP contribution in [-0.4, -0.2) is 24.3 Å². The Balaban J connectivity index is 2.90. The molecule has 0 amide bonds. The Morgan fingerprint density at radius 1 is 1.11 bits per heavy atom. The summed E-state index contributed by atoms with van der Waals surface area (Å²) in [4.78, 5) is 10.5. The van der Waals surface area contributed by atoms with Gasteiger partial charge in [-0.3, -0.25) is 0 Å². The van der Waals surface area contributed by atoms with Crippen molar-refractivity contribution >= 4 is 12.0 Å². The second kappa shape index (κ2) is 8.19. The van der Waals surface area contributed by atoms with Gasteiger partial charge in [0, 0.05) is 12.1 Å². The lowest BCUT2D eigenvalue weighted by Crippen LogP contribution is -1.99. The van der Waals surface area contributed by atoms with Crippen LogP contribution in [0.2, 0.25) is 0 Å². The molecule has 1 aromatic rings. The van der Waals surface area contributed by atoms with Gasteiger partial charge in [0.15, 0.2) is 0 Å². The van der Waals surface area contributed by atoms with Gasteiger partial charge in [0.2, 0.25) is 0 Å². The molecule has 1 N–H and O–H groups in total. The van der Waals surface area contributed by atoms with Gasteiger partial charge < -0.3 is 14.6 Å². The van der Waals surface area contributed by atoms with Gasteiger partial charge >= 0.3 is 5.97 Å². The van der Waals surface area contributed by atoms with E-state index < -0.39 is 5.97 Å². The van der Waals surface area contributed by atoms with Crippen molar-refractivity contribution < 1.29 is 19.4 Å². The normalized spacial score (nSPS) is 10.6. The summed E-state index contributed by atoms with van der Waals surface area (Å²) >= 11 is 0. The zero-order valence-electron chi connectivity index (χ0n) is 11.4. The number of hydrogen-bond donors (Lipinski definition) is 1. The zero-order valence-corrected chi connectivity index (χ0v) is 11.4. The summed E-state index contributed by atoms with van der Waals surface area (Å²) in [5.41, 5.74) is 0.752. The maximum Gasteiger partial charge on any atom is 0.328 e. The largest absolute Gasteiger partial charge is 0.493 e. The molecule has 0 saturated carbocycles. The van der Waals surface area contributed by atoms with Crippen LogP contribution in [0.25, 0.3) is 6.08 Å². The van der Waals surface area contributed by atoms with Crippen molar-refractivity contribution in [3.05, 3.63) is 29.8 Å². The predicted molar refractivity (Wildman–Crippen MR) is 74.7 cm³/mol. The van der Waals surface area contributed by atoms with Crippen LogP contribution in [0.15, 0.2) is 24.3 Å². The minimum atomic E-state index is -0.976. The first kappa shape index (κ1) is 15.1. The number of benzene rings is 1. The second-order valence-electron chi connectivity index (χ2n) is 4.11. The first-order valence-corrected chi connectivity index (χ1v) is 6.47. The van der Waals surface area contributed by atoms with E-state index in [-0.39, 0.29) is 0 Å². The van der Waals surface area contributed by atoms with Crippen LogP contribution in [0.5, 0.6) is 11.5 Å². The molecule has 0 saturated heterocycles. The molecule has 104 valence electrons. The molecule has 0 fully saturated rings. The van der Waals surface area contributed by atoms with Crippen LogP contribution in [0, 0.1) is 0 Å². The van der Waals surface area contributed by atoms with E-state index in [0.717, 1.165) is 24.5 Å². The van der Waals surface area contributed by atoms with E-state index in [2.05, 4.69) is 0 Å². The first-order chi connectivity index (χ1) is 9.15. The van der Waals surface area contributed by atoms with Gasteiger partial charge in [-0.2, -0.15) is 0 Å². The average Bonchev–Trinajstić information content (AvgIpc) is 2.40. The summed E-state index contributed by atoms with van der Waals surface area (Å²) in [5.74, 6) is 0.414. The van der Waals surface area contributed by atoms with E-state index in [1.807, 2.05) is 19.9 Å². The molecule has 4 nitrogen and oxygen atoms in total. The van der Waals surface area contributed by atoms with Crippen molar-refractivity contribution in [3.8, 4) is 11.5 Å². The number of carboxylic acids is 1. The van der Waals surface area contributed by atoms with Gasteiger partial charge in [0.1, 0.15) is 11.5 Å². The molecule has 0 bridgehead atoms. The Labute approximate surface area is 113 Å². The Morgan fingerprint density at radius 3 is 2.05 bits per heavy atom. The summed E-state index contributed by atoms with van der Waals surface area (Å²) in [6.07, 6.45) is 4.46. The average molecular weight is 264 g/mol. The van der Waals surface area contributed by atoms with E-state index in [1.165, 1.54) is 6.08 Å². The van der Waals surface area contributed by atoms with Crippen LogP contribution in [0.4, 0.5) is 0 Å².